The zero-order chi connectivity index (χ0) is 17.1. The van der Waals surface area contributed by atoms with E-state index in [0.717, 1.165) is 42.7 Å². The molecule has 0 spiro atoms. The smallest absolute Gasteiger partial charge is 0.161 e. The highest BCUT2D eigenvalue weighted by Crippen LogP contribution is 2.62. The van der Waals surface area contributed by atoms with Crippen molar-refractivity contribution in [2.45, 2.75) is 44.1 Å². The fourth-order valence-corrected chi connectivity index (χ4v) is 6.01. The molecule has 2 atom stereocenters. The van der Waals surface area contributed by atoms with Gasteiger partial charge in [0.05, 0.1) is 5.60 Å². The van der Waals surface area contributed by atoms with E-state index in [-0.39, 0.29) is 11.2 Å². The molecule has 1 N–H and O–H groups in total. The van der Waals surface area contributed by atoms with Gasteiger partial charge in [0.15, 0.2) is 17.3 Å². The highest BCUT2D eigenvalue weighted by atomic mass is 16.6. The molecule has 4 aliphatic carbocycles. The van der Waals surface area contributed by atoms with E-state index < -0.39 is 5.60 Å². The number of aliphatic hydroxyl groups is 1. The molecule has 1 aromatic rings. The standard InChI is InChI=1S/C21H24O4/c22-19(4-2-14-1-3-17-18(8-14)25-6-5-24-17)20-9-15-7-16(10-20)12-21(23,11-15)13-20/h1-4,8,15-16,23H,5-7,9-13H2. The van der Waals surface area contributed by atoms with Crippen LogP contribution in [0.2, 0.25) is 0 Å². The van der Waals surface area contributed by atoms with E-state index in [2.05, 4.69) is 0 Å². The molecule has 4 saturated carbocycles. The van der Waals surface area contributed by atoms with Crippen molar-refractivity contribution in [3.05, 3.63) is 29.8 Å². The van der Waals surface area contributed by atoms with Gasteiger partial charge in [0.1, 0.15) is 13.2 Å². The van der Waals surface area contributed by atoms with Crippen LogP contribution >= 0.6 is 0 Å². The lowest BCUT2D eigenvalue weighted by atomic mass is 9.47. The normalized spacial score (nSPS) is 38.3. The fraction of sp³-hybridized carbons (Fsp3) is 0.571. The summed E-state index contributed by atoms with van der Waals surface area (Å²) in [5.74, 6) is 2.74. The third-order valence-corrected chi connectivity index (χ3v) is 6.55. The van der Waals surface area contributed by atoms with E-state index in [1.54, 1.807) is 6.08 Å². The van der Waals surface area contributed by atoms with Crippen LogP contribution in [0, 0.1) is 17.3 Å². The van der Waals surface area contributed by atoms with Crippen molar-refractivity contribution in [1.82, 2.24) is 0 Å². The van der Waals surface area contributed by atoms with Gasteiger partial charge in [-0.25, -0.2) is 0 Å². The molecule has 4 nitrogen and oxygen atoms in total. The lowest BCUT2D eigenvalue weighted by molar-refractivity contribution is -0.173. The van der Waals surface area contributed by atoms with E-state index >= 15 is 0 Å². The minimum Gasteiger partial charge on any atom is -0.486 e. The van der Waals surface area contributed by atoms with Gasteiger partial charge in [-0.2, -0.15) is 0 Å². The van der Waals surface area contributed by atoms with Crippen molar-refractivity contribution < 1.29 is 19.4 Å². The topological polar surface area (TPSA) is 55.8 Å². The highest BCUT2D eigenvalue weighted by Gasteiger charge is 2.59. The van der Waals surface area contributed by atoms with Gasteiger partial charge >= 0.3 is 0 Å². The number of fused-ring (bicyclic) bond motifs is 1. The van der Waals surface area contributed by atoms with Crippen LogP contribution in [0.1, 0.15) is 44.1 Å². The van der Waals surface area contributed by atoms with Crippen LogP contribution in [-0.2, 0) is 4.79 Å². The van der Waals surface area contributed by atoms with Gasteiger partial charge in [-0.05, 0) is 74.1 Å². The summed E-state index contributed by atoms with van der Waals surface area (Å²) >= 11 is 0. The summed E-state index contributed by atoms with van der Waals surface area (Å²) in [6.45, 7) is 1.14. The molecule has 4 bridgehead atoms. The van der Waals surface area contributed by atoms with Gasteiger partial charge in [0.2, 0.25) is 0 Å². The Morgan fingerprint density at radius 1 is 1.08 bits per heavy atom. The number of hydrogen-bond acceptors (Lipinski definition) is 4. The summed E-state index contributed by atoms with van der Waals surface area (Å²) in [5.41, 5.74) is 0.0225. The van der Waals surface area contributed by atoms with Gasteiger partial charge in [-0.15, -0.1) is 0 Å². The quantitative estimate of drug-likeness (QED) is 0.857. The molecule has 1 aromatic carbocycles. The number of hydrogen-bond donors (Lipinski definition) is 1. The summed E-state index contributed by atoms with van der Waals surface area (Å²) in [7, 11) is 0. The number of carbonyl (C=O) groups is 1. The monoisotopic (exact) mass is 340 g/mol. The predicted molar refractivity (Wildman–Crippen MR) is 93.5 cm³/mol. The van der Waals surface area contributed by atoms with Crippen LogP contribution < -0.4 is 9.47 Å². The maximum absolute atomic E-state index is 13.0. The maximum Gasteiger partial charge on any atom is 0.161 e. The molecular weight excluding hydrogens is 316 g/mol. The molecule has 1 aliphatic heterocycles. The number of benzene rings is 1. The molecule has 5 aliphatic rings. The maximum atomic E-state index is 13.0. The van der Waals surface area contributed by atoms with Crippen molar-refractivity contribution in [1.29, 1.82) is 0 Å². The second-order valence-electron chi connectivity index (χ2n) is 8.57. The molecule has 0 aromatic heterocycles. The van der Waals surface area contributed by atoms with Gasteiger partial charge in [-0.1, -0.05) is 12.1 Å². The van der Waals surface area contributed by atoms with Crippen molar-refractivity contribution in [3.8, 4) is 11.5 Å². The Hall–Kier alpha value is -1.81. The number of carbonyl (C=O) groups excluding carboxylic acids is 1. The molecule has 4 fully saturated rings. The lowest BCUT2D eigenvalue weighted by Gasteiger charge is -2.59. The van der Waals surface area contributed by atoms with Gasteiger partial charge in [0, 0.05) is 5.41 Å². The minimum absolute atomic E-state index is 0.190. The van der Waals surface area contributed by atoms with E-state index in [1.807, 2.05) is 24.3 Å². The molecule has 1 heterocycles. The largest absolute Gasteiger partial charge is 0.486 e. The Labute approximate surface area is 147 Å². The van der Waals surface area contributed by atoms with Crippen molar-refractivity contribution >= 4 is 11.9 Å². The molecule has 25 heavy (non-hydrogen) atoms. The van der Waals surface area contributed by atoms with Crippen molar-refractivity contribution in [3.63, 3.8) is 0 Å². The highest BCUT2D eigenvalue weighted by molar-refractivity contribution is 5.98. The molecule has 0 amide bonds. The summed E-state index contributed by atoms with van der Waals surface area (Å²) in [4.78, 5) is 13.0. The SMILES string of the molecule is O=C(C=Cc1ccc2c(c1)OCCO2)C12CC3CC(CC(O)(C3)C1)C2. The number of ether oxygens (including phenoxy) is 2. The van der Waals surface area contributed by atoms with Gasteiger partial charge < -0.3 is 14.6 Å². The first-order valence-electron chi connectivity index (χ1n) is 9.38. The van der Waals surface area contributed by atoms with E-state index in [9.17, 15) is 9.90 Å². The van der Waals surface area contributed by atoms with Crippen LogP contribution in [0.15, 0.2) is 24.3 Å². The van der Waals surface area contributed by atoms with Crippen LogP contribution in [0.25, 0.3) is 6.08 Å². The van der Waals surface area contributed by atoms with Gasteiger partial charge in [0.25, 0.3) is 0 Å². The molecule has 132 valence electrons. The Morgan fingerprint density at radius 2 is 1.80 bits per heavy atom. The minimum atomic E-state index is -0.593. The van der Waals surface area contributed by atoms with Crippen LogP contribution in [0.5, 0.6) is 11.5 Å². The van der Waals surface area contributed by atoms with Crippen LogP contribution in [0.4, 0.5) is 0 Å². The first kappa shape index (κ1) is 15.4. The van der Waals surface area contributed by atoms with E-state index in [4.69, 9.17) is 9.47 Å². The second kappa shape index (κ2) is 5.34. The fourth-order valence-electron chi connectivity index (χ4n) is 6.01. The summed E-state index contributed by atoms with van der Waals surface area (Å²) in [6.07, 6.45) is 9.15. The van der Waals surface area contributed by atoms with E-state index in [1.165, 1.54) is 6.42 Å². The van der Waals surface area contributed by atoms with Gasteiger partial charge in [-0.3, -0.25) is 4.79 Å². The molecular formula is C21H24O4. The molecule has 0 radical (unpaired) electrons. The average molecular weight is 340 g/mol. The zero-order valence-corrected chi connectivity index (χ0v) is 14.4. The molecule has 0 saturated heterocycles. The Morgan fingerprint density at radius 3 is 2.52 bits per heavy atom. The second-order valence-corrected chi connectivity index (χ2v) is 8.57. The van der Waals surface area contributed by atoms with Crippen LogP contribution in [-0.4, -0.2) is 29.7 Å². The number of ketones is 1. The first-order chi connectivity index (χ1) is 12.0. The first-order valence-corrected chi connectivity index (χ1v) is 9.38. The molecule has 6 rings (SSSR count). The van der Waals surface area contributed by atoms with Crippen molar-refractivity contribution in [2.75, 3.05) is 13.2 Å². The van der Waals surface area contributed by atoms with Crippen LogP contribution in [0.3, 0.4) is 0 Å². The third kappa shape index (κ3) is 2.58. The summed E-state index contributed by atoms with van der Waals surface area (Å²) in [6, 6.07) is 5.77. The Bertz CT molecular complexity index is 736. The van der Waals surface area contributed by atoms with Crippen molar-refractivity contribution in [2.24, 2.45) is 17.3 Å². The molecule has 2 unspecified atom stereocenters. The molecule has 4 heteroatoms. The Kier molecular flexibility index (Phi) is 3.30. The third-order valence-electron chi connectivity index (χ3n) is 6.55. The zero-order valence-electron chi connectivity index (χ0n) is 14.4. The number of rotatable bonds is 3. The lowest BCUT2D eigenvalue weighted by Crippen LogP contribution is -2.57. The predicted octanol–water partition coefficient (Wildman–Crippen LogP) is 3.37. The summed E-state index contributed by atoms with van der Waals surface area (Å²) < 4.78 is 11.1. The summed E-state index contributed by atoms with van der Waals surface area (Å²) in [5, 5.41) is 10.8. The Balaban J connectivity index is 1.37. The average Bonchev–Trinajstić information content (AvgIpc) is 2.57. The van der Waals surface area contributed by atoms with E-state index in [0.29, 0.717) is 31.5 Å². The number of allylic oxidation sites excluding steroid dienone is 1.